The van der Waals surface area contributed by atoms with Gasteiger partial charge in [-0.2, -0.15) is 0 Å². The Kier molecular flexibility index (Phi) is 6.08. The highest BCUT2D eigenvalue weighted by atomic mass is 79.9. The highest BCUT2D eigenvalue weighted by Crippen LogP contribution is 2.32. The Labute approximate surface area is 132 Å². The van der Waals surface area contributed by atoms with Gasteiger partial charge < -0.3 is 10.6 Å². The van der Waals surface area contributed by atoms with E-state index in [1.54, 1.807) is 0 Å². The molecule has 0 saturated carbocycles. The lowest BCUT2D eigenvalue weighted by Gasteiger charge is -2.38. The van der Waals surface area contributed by atoms with Crippen LogP contribution in [-0.4, -0.2) is 19.1 Å². The van der Waals surface area contributed by atoms with Gasteiger partial charge in [-0.05, 0) is 42.9 Å². The van der Waals surface area contributed by atoms with E-state index >= 15 is 0 Å². The molecular weight excluding hydrogens is 312 g/mol. The van der Waals surface area contributed by atoms with Gasteiger partial charge in [0.05, 0.1) is 0 Å². The molecule has 0 amide bonds. The largest absolute Gasteiger partial charge is 0.371 e. The number of nitrogens with two attached hydrogens (primary N) is 1. The van der Waals surface area contributed by atoms with Crippen LogP contribution in [0.1, 0.15) is 46.6 Å². The molecular formula is C17H29BrN2. The summed E-state index contributed by atoms with van der Waals surface area (Å²) in [5.41, 5.74) is 9.00. The lowest BCUT2D eigenvalue weighted by molar-refractivity contribution is 0.329. The van der Waals surface area contributed by atoms with Crippen LogP contribution < -0.4 is 10.6 Å². The molecule has 1 aromatic carbocycles. The molecule has 0 aliphatic heterocycles. The van der Waals surface area contributed by atoms with Gasteiger partial charge in [0.1, 0.15) is 0 Å². The van der Waals surface area contributed by atoms with Gasteiger partial charge in [0.15, 0.2) is 0 Å². The monoisotopic (exact) mass is 340 g/mol. The lowest BCUT2D eigenvalue weighted by atomic mass is 9.86. The van der Waals surface area contributed by atoms with E-state index in [4.69, 9.17) is 5.73 Å². The van der Waals surface area contributed by atoms with Crippen LogP contribution in [0, 0.1) is 5.41 Å². The summed E-state index contributed by atoms with van der Waals surface area (Å²) >= 11 is 3.59. The maximum Gasteiger partial charge on any atom is 0.0410 e. The molecule has 0 radical (unpaired) electrons. The molecule has 0 fully saturated rings. The third-order valence-electron chi connectivity index (χ3n) is 4.27. The third kappa shape index (κ3) is 4.49. The van der Waals surface area contributed by atoms with Gasteiger partial charge in [-0.3, -0.25) is 0 Å². The average molecular weight is 341 g/mol. The number of benzene rings is 1. The first kappa shape index (κ1) is 17.5. The van der Waals surface area contributed by atoms with Crippen molar-refractivity contribution in [3.63, 3.8) is 0 Å². The van der Waals surface area contributed by atoms with E-state index in [1.807, 2.05) is 0 Å². The third-order valence-corrected chi connectivity index (χ3v) is 4.76. The van der Waals surface area contributed by atoms with Crippen molar-refractivity contribution in [2.24, 2.45) is 11.1 Å². The summed E-state index contributed by atoms with van der Waals surface area (Å²) in [4.78, 5) is 2.38. The minimum atomic E-state index is 0.230. The number of hydrogen-bond donors (Lipinski definition) is 1. The van der Waals surface area contributed by atoms with Crippen LogP contribution in [0.5, 0.6) is 0 Å². The Morgan fingerprint density at radius 1 is 1.30 bits per heavy atom. The maximum absolute atomic E-state index is 6.14. The predicted molar refractivity (Wildman–Crippen MR) is 93.4 cm³/mol. The molecule has 2 unspecified atom stereocenters. The van der Waals surface area contributed by atoms with E-state index in [0.29, 0.717) is 6.04 Å². The maximum atomic E-state index is 6.14. The van der Waals surface area contributed by atoms with E-state index in [0.717, 1.165) is 17.3 Å². The standard InChI is InChI=1S/C17H29BrN2/c1-7-15(19)10-13-8-9-14(18)11-16(13)20(6)12(2)17(3,4)5/h8-9,11-12,15H,7,10,19H2,1-6H3. The average Bonchev–Trinajstić information content (AvgIpc) is 2.37. The zero-order valence-electron chi connectivity index (χ0n) is 13.7. The predicted octanol–water partition coefficient (Wildman–Crippen LogP) is 4.60. The zero-order valence-corrected chi connectivity index (χ0v) is 15.3. The van der Waals surface area contributed by atoms with Gasteiger partial charge in [-0.1, -0.05) is 49.7 Å². The molecule has 1 aromatic rings. The lowest BCUT2D eigenvalue weighted by Crippen LogP contribution is -2.40. The fourth-order valence-corrected chi connectivity index (χ4v) is 2.60. The Bertz CT molecular complexity index is 437. The number of nitrogens with zero attached hydrogens (tertiary/aromatic N) is 1. The fraction of sp³-hybridized carbons (Fsp3) is 0.647. The molecule has 0 saturated heterocycles. The highest BCUT2D eigenvalue weighted by molar-refractivity contribution is 9.10. The summed E-state index contributed by atoms with van der Waals surface area (Å²) in [5.74, 6) is 0. The van der Waals surface area contributed by atoms with Crippen LogP contribution in [-0.2, 0) is 6.42 Å². The zero-order chi connectivity index (χ0) is 15.5. The minimum Gasteiger partial charge on any atom is -0.371 e. The van der Waals surface area contributed by atoms with Gasteiger partial charge in [0.25, 0.3) is 0 Å². The number of rotatable bonds is 5. The van der Waals surface area contributed by atoms with Gasteiger partial charge in [-0.25, -0.2) is 0 Å². The van der Waals surface area contributed by atoms with Crippen molar-refractivity contribution in [2.75, 3.05) is 11.9 Å². The molecule has 2 nitrogen and oxygen atoms in total. The number of anilines is 1. The summed E-state index contributed by atoms with van der Waals surface area (Å²) < 4.78 is 1.12. The van der Waals surface area contributed by atoms with Crippen LogP contribution in [0.3, 0.4) is 0 Å². The van der Waals surface area contributed by atoms with Crippen molar-refractivity contribution in [3.05, 3.63) is 28.2 Å². The van der Waals surface area contributed by atoms with E-state index in [1.165, 1.54) is 11.3 Å². The van der Waals surface area contributed by atoms with E-state index in [2.05, 4.69) is 80.7 Å². The van der Waals surface area contributed by atoms with Crippen molar-refractivity contribution >= 4 is 21.6 Å². The summed E-state index contributed by atoms with van der Waals surface area (Å²) in [7, 11) is 2.18. The second kappa shape index (κ2) is 6.95. The molecule has 0 aromatic heterocycles. The second-order valence-corrected chi connectivity index (χ2v) is 7.71. The second-order valence-electron chi connectivity index (χ2n) is 6.80. The molecule has 0 aliphatic carbocycles. The molecule has 20 heavy (non-hydrogen) atoms. The summed E-state index contributed by atoms with van der Waals surface area (Å²) in [5, 5.41) is 0. The normalized spacial score (nSPS) is 15.0. The van der Waals surface area contributed by atoms with Gasteiger partial charge >= 0.3 is 0 Å². The van der Waals surface area contributed by atoms with Gasteiger partial charge in [-0.15, -0.1) is 0 Å². The Morgan fingerprint density at radius 3 is 2.40 bits per heavy atom. The topological polar surface area (TPSA) is 29.3 Å². The van der Waals surface area contributed by atoms with E-state index in [-0.39, 0.29) is 11.5 Å². The van der Waals surface area contributed by atoms with Crippen LogP contribution in [0.4, 0.5) is 5.69 Å². The number of hydrogen-bond acceptors (Lipinski definition) is 2. The van der Waals surface area contributed by atoms with Crippen molar-refractivity contribution in [1.82, 2.24) is 0 Å². The van der Waals surface area contributed by atoms with E-state index < -0.39 is 0 Å². The van der Waals surface area contributed by atoms with Crippen LogP contribution in [0.15, 0.2) is 22.7 Å². The van der Waals surface area contributed by atoms with Crippen molar-refractivity contribution in [2.45, 2.75) is 59.5 Å². The molecule has 114 valence electrons. The van der Waals surface area contributed by atoms with Crippen LogP contribution in [0.2, 0.25) is 0 Å². The summed E-state index contributed by atoms with van der Waals surface area (Å²) in [6.07, 6.45) is 1.94. The molecule has 0 bridgehead atoms. The first-order valence-corrected chi connectivity index (χ1v) is 8.23. The first-order valence-electron chi connectivity index (χ1n) is 7.43. The Balaban J connectivity index is 3.11. The summed E-state index contributed by atoms with van der Waals surface area (Å²) in [6.45, 7) is 11.3. The fourth-order valence-electron chi connectivity index (χ4n) is 2.25. The van der Waals surface area contributed by atoms with Crippen molar-refractivity contribution < 1.29 is 0 Å². The van der Waals surface area contributed by atoms with Gasteiger partial charge in [0, 0.05) is 29.3 Å². The number of halogens is 1. The highest BCUT2D eigenvalue weighted by Gasteiger charge is 2.25. The van der Waals surface area contributed by atoms with Crippen molar-refractivity contribution in [1.29, 1.82) is 0 Å². The Hall–Kier alpha value is -0.540. The van der Waals surface area contributed by atoms with Crippen LogP contribution >= 0.6 is 15.9 Å². The molecule has 3 heteroatoms. The quantitative estimate of drug-likeness (QED) is 0.848. The molecule has 0 aliphatic rings. The minimum absolute atomic E-state index is 0.230. The SMILES string of the molecule is CCC(N)Cc1ccc(Br)cc1N(C)C(C)C(C)(C)C. The molecule has 0 heterocycles. The molecule has 2 atom stereocenters. The Morgan fingerprint density at radius 2 is 1.90 bits per heavy atom. The van der Waals surface area contributed by atoms with Crippen LogP contribution in [0.25, 0.3) is 0 Å². The van der Waals surface area contributed by atoms with E-state index in [9.17, 15) is 0 Å². The van der Waals surface area contributed by atoms with Crippen molar-refractivity contribution in [3.8, 4) is 0 Å². The van der Waals surface area contributed by atoms with Gasteiger partial charge in [0.2, 0.25) is 0 Å². The molecule has 1 rings (SSSR count). The summed E-state index contributed by atoms with van der Waals surface area (Å²) in [6, 6.07) is 7.19. The smallest absolute Gasteiger partial charge is 0.0410 e. The molecule has 2 N–H and O–H groups in total. The molecule has 0 spiro atoms. The first-order chi connectivity index (χ1) is 9.16.